The lowest BCUT2D eigenvalue weighted by Gasteiger charge is -2.32. The third kappa shape index (κ3) is 6.04. The number of carbonyl (C=O) groups excluding carboxylic acids is 1. The second-order valence-electron chi connectivity index (χ2n) is 6.88. The number of terminal acetylenes is 1. The van der Waals surface area contributed by atoms with Crippen LogP contribution in [-0.4, -0.2) is 62.9 Å². The average molecular weight is 417 g/mol. The number of benzene rings is 1. The number of amides is 1. The molecular formula is C22H28N2O4S. The summed E-state index contributed by atoms with van der Waals surface area (Å²) < 4.78 is 32.2. The lowest BCUT2D eigenvalue weighted by molar-refractivity contribution is 0.0582. The Labute approximate surface area is 173 Å². The van der Waals surface area contributed by atoms with E-state index in [4.69, 9.17) is 11.2 Å². The van der Waals surface area contributed by atoms with E-state index >= 15 is 0 Å². The molecule has 7 heteroatoms. The lowest BCUT2D eigenvalue weighted by Crippen LogP contribution is -2.39. The van der Waals surface area contributed by atoms with Gasteiger partial charge in [-0.3, -0.25) is 4.79 Å². The van der Waals surface area contributed by atoms with Gasteiger partial charge < -0.3 is 9.64 Å². The highest BCUT2D eigenvalue weighted by Gasteiger charge is 2.25. The van der Waals surface area contributed by atoms with Crippen molar-refractivity contribution in [3.05, 3.63) is 55.1 Å². The maximum atomic E-state index is 12.8. The minimum Gasteiger partial charge on any atom is -0.369 e. The largest absolute Gasteiger partial charge is 0.369 e. The van der Waals surface area contributed by atoms with Gasteiger partial charge in [-0.2, -0.15) is 4.31 Å². The Bertz CT molecular complexity index is 838. The molecule has 1 aromatic rings. The van der Waals surface area contributed by atoms with Gasteiger partial charge in [0.25, 0.3) is 5.91 Å². The van der Waals surface area contributed by atoms with Gasteiger partial charge in [0.1, 0.15) is 6.61 Å². The standard InChI is InChI=1S/C22H28N2O4S/c1-4-13-24(14-5-2)29(26,27)21-9-7-20(8-10-21)22(25)23-15-11-19(12-16-23)18-28-17-6-3/h3-5,7-10,19H,1-2,11-18H2. The molecule has 29 heavy (non-hydrogen) atoms. The zero-order chi connectivity index (χ0) is 21.3. The Morgan fingerprint density at radius 1 is 1.21 bits per heavy atom. The van der Waals surface area contributed by atoms with Gasteiger partial charge in [0, 0.05) is 31.7 Å². The fourth-order valence-electron chi connectivity index (χ4n) is 3.25. The van der Waals surface area contributed by atoms with E-state index < -0.39 is 10.0 Å². The van der Waals surface area contributed by atoms with Crippen LogP contribution in [0, 0.1) is 18.3 Å². The van der Waals surface area contributed by atoms with Crippen LogP contribution in [0.4, 0.5) is 0 Å². The van der Waals surface area contributed by atoms with Crippen LogP contribution in [0.2, 0.25) is 0 Å². The molecule has 156 valence electrons. The Balaban J connectivity index is 2.01. The van der Waals surface area contributed by atoms with Crippen LogP contribution in [0.25, 0.3) is 0 Å². The highest BCUT2D eigenvalue weighted by molar-refractivity contribution is 7.89. The van der Waals surface area contributed by atoms with Gasteiger partial charge in [0.05, 0.1) is 11.5 Å². The molecule has 0 aromatic heterocycles. The second kappa shape index (κ2) is 11.0. The zero-order valence-electron chi connectivity index (χ0n) is 16.6. The fourth-order valence-corrected chi connectivity index (χ4v) is 4.63. The summed E-state index contributed by atoms with van der Waals surface area (Å²) in [4.78, 5) is 14.7. The summed E-state index contributed by atoms with van der Waals surface area (Å²) >= 11 is 0. The number of hydrogen-bond donors (Lipinski definition) is 0. The van der Waals surface area contributed by atoms with Crippen LogP contribution < -0.4 is 0 Å². The summed E-state index contributed by atoms with van der Waals surface area (Å²) in [5, 5.41) is 0. The Morgan fingerprint density at radius 3 is 2.31 bits per heavy atom. The molecule has 0 saturated carbocycles. The lowest BCUT2D eigenvalue weighted by atomic mass is 9.97. The second-order valence-corrected chi connectivity index (χ2v) is 8.82. The maximum absolute atomic E-state index is 12.8. The molecule has 0 bridgehead atoms. The molecule has 1 aromatic carbocycles. The van der Waals surface area contributed by atoms with E-state index in [0.717, 1.165) is 12.8 Å². The first-order chi connectivity index (χ1) is 13.9. The summed E-state index contributed by atoms with van der Waals surface area (Å²) in [6.45, 7) is 9.80. The van der Waals surface area contributed by atoms with Gasteiger partial charge in [-0.05, 0) is 43.0 Å². The first kappa shape index (κ1) is 22.9. The molecule has 0 spiro atoms. The molecule has 0 atom stereocenters. The molecule has 0 unspecified atom stereocenters. The topological polar surface area (TPSA) is 66.9 Å². The summed E-state index contributed by atoms with van der Waals surface area (Å²) in [5.74, 6) is 2.76. The van der Waals surface area contributed by atoms with Gasteiger partial charge in [0.2, 0.25) is 10.0 Å². The summed E-state index contributed by atoms with van der Waals surface area (Å²) in [6.07, 6.45) is 9.96. The van der Waals surface area contributed by atoms with Crippen molar-refractivity contribution in [1.29, 1.82) is 0 Å². The van der Waals surface area contributed by atoms with Crippen molar-refractivity contribution in [2.24, 2.45) is 5.92 Å². The molecule has 0 radical (unpaired) electrons. The van der Waals surface area contributed by atoms with Crippen molar-refractivity contribution in [2.75, 3.05) is 39.4 Å². The van der Waals surface area contributed by atoms with Crippen molar-refractivity contribution in [3.63, 3.8) is 0 Å². The number of carbonyl (C=O) groups is 1. The third-order valence-corrected chi connectivity index (χ3v) is 6.69. The normalized spacial score (nSPS) is 15.1. The van der Waals surface area contributed by atoms with Gasteiger partial charge in [-0.1, -0.05) is 18.1 Å². The Hall–Kier alpha value is -2.40. The molecule has 1 aliphatic heterocycles. The average Bonchev–Trinajstić information content (AvgIpc) is 2.74. The van der Waals surface area contributed by atoms with Gasteiger partial charge in [0.15, 0.2) is 0 Å². The Morgan fingerprint density at radius 2 is 1.79 bits per heavy atom. The number of sulfonamides is 1. The predicted molar refractivity (Wildman–Crippen MR) is 114 cm³/mol. The predicted octanol–water partition coefficient (Wildman–Crippen LogP) is 2.55. The van der Waals surface area contributed by atoms with Crippen molar-refractivity contribution in [3.8, 4) is 12.3 Å². The molecule has 1 aliphatic rings. The highest BCUT2D eigenvalue weighted by atomic mass is 32.2. The van der Waals surface area contributed by atoms with Crippen molar-refractivity contribution in [2.45, 2.75) is 17.7 Å². The highest BCUT2D eigenvalue weighted by Crippen LogP contribution is 2.21. The number of rotatable bonds is 10. The number of likely N-dealkylation sites (tertiary alicyclic amines) is 1. The van der Waals surface area contributed by atoms with Gasteiger partial charge in [-0.15, -0.1) is 19.6 Å². The van der Waals surface area contributed by atoms with Crippen LogP contribution in [0.3, 0.4) is 0 Å². The molecule has 6 nitrogen and oxygen atoms in total. The molecule has 0 N–H and O–H groups in total. The zero-order valence-corrected chi connectivity index (χ0v) is 17.4. The van der Waals surface area contributed by atoms with Crippen LogP contribution in [0.5, 0.6) is 0 Å². The molecule has 1 heterocycles. The molecule has 1 saturated heterocycles. The van der Waals surface area contributed by atoms with Crippen LogP contribution in [0.1, 0.15) is 23.2 Å². The van der Waals surface area contributed by atoms with Crippen molar-refractivity contribution in [1.82, 2.24) is 9.21 Å². The number of piperidine rings is 1. The quantitative estimate of drug-likeness (QED) is 0.334. The maximum Gasteiger partial charge on any atom is 0.253 e. The SMILES string of the molecule is C#CCOCC1CCN(C(=O)c2ccc(S(=O)(=O)N(CC=C)CC=C)cc2)CC1. The molecule has 1 fully saturated rings. The van der Waals surface area contributed by atoms with Crippen molar-refractivity contribution >= 4 is 15.9 Å². The van der Waals surface area contributed by atoms with E-state index in [0.29, 0.717) is 37.8 Å². The number of hydrogen-bond acceptors (Lipinski definition) is 4. The Kier molecular flexibility index (Phi) is 8.65. The number of nitrogens with zero attached hydrogens (tertiary/aromatic N) is 2. The summed E-state index contributed by atoms with van der Waals surface area (Å²) in [5.41, 5.74) is 0.477. The smallest absolute Gasteiger partial charge is 0.253 e. The molecule has 1 amide bonds. The van der Waals surface area contributed by atoms with Gasteiger partial charge >= 0.3 is 0 Å². The summed E-state index contributed by atoms with van der Waals surface area (Å²) in [6, 6.07) is 6.08. The number of ether oxygens (including phenoxy) is 1. The molecule has 2 rings (SSSR count). The third-order valence-electron chi connectivity index (χ3n) is 4.85. The van der Waals surface area contributed by atoms with Gasteiger partial charge in [-0.25, -0.2) is 8.42 Å². The van der Waals surface area contributed by atoms with E-state index in [1.807, 2.05) is 0 Å². The monoisotopic (exact) mass is 416 g/mol. The fraction of sp³-hybridized carbons (Fsp3) is 0.409. The summed E-state index contributed by atoms with van der Waals surface area (Å²) in [7, 11) is -3.67. The van der Waals surface area contributed by atoms with E-state index in [1.165, 1.54) is 28.6 Å². The van der Waals surface area contributed by atoms with Crippen LogP contribution in [-0.2, 0) is 14.8 Å². The minimum atomic E-state index is -3.67. The first-order valence-corrected chi connectivity index (χ1v) is 11.0. The minimum absolute atomic E-state index is 0.0917. The van der Waals surface area contributed by atoms with E-state index in [1.54, 1.807) is 17.0 Å². The van der Waals surface area contributed by atoms with Crippen LogP contribution in [0.15, 0.2) is 54.5 Å². The van der Waals surface area contributed by atoms with Crippen molar-refractivity contribution < 1.29 is 17.9 Å². The molecule has 0 aliphatic carbocycles. The molecular weight excluding hydrogens is 388 g/mol. The van der Waals surface area contributed by atoms with Crippen LogP contribution >= 0.6 is 0 Å². The van der Waals surface area contributed by atoms with E-state index in [2.05, 4.69) is 19.1 Å². The van der Waals surface area contributed by atoms with E-state index in [9.17, 15) is 13.2 Å². The first-order valence-electron chi connectivity index (χ1n) is 9.56. The van der Waals surface area contributed by atoms with E-state index in [-0.39, 0.29) is 23.9 Å².